The van der Waals surface area contributed by atoms with E-state index in [1.165, 1.54) is 18.2 Å². The van der Waals surface area contributed by atoms with Crippen LogP contribution in [-0.4, -0.2) is 13.5 Å². The minimum atomic E-state index is -3.71. The van der Waals surface area contributed by atoms with E-state index < -0.39 is 9.05 Å². The van der Waals surface area contributed by atoms with Gasteiger partial charge in [-0.05, 0) is 18.2 Å². The molecule has 1 rings (SSSR count). The Labute approximate surface area is 68.7 Å². The number of halogens is 1. The predicted octanol–water partition coefficient (Wildman–Crippen LogP) is 1.32. The third-order valence-corrected chi connectivity index (χ3v) is 2.45. The van der Waals surface area contributed by atoms with Crippen molar-refractivity contribution in [1.82, 2.24) is 0 Å². The Kier molecular flexibility index (Phi) is 2.06. The van der Waals surface area contributed by atoms with E-state index in [1.807, 2.05) is 0 Å². The molecule has 1 N–H and O–H groups in total. The third-order valence-electron chi connectivity index (χ3n) is 1.10. The zero-order chi connectivity index (χ0) is 8.48. The van der Waals surface area contributed by atoms with Crippen molar-refractivity contribution in [2.75, 3.05) is 0 Å². The highest BCUT2D eigenvalue weighted by Crippen LogP contribution is 2.18. The monoisotopic (exact) mass is 192 g/mol. The number of hydrogen-bond acceptors (Lipinski definition) is 3. The van der Waals surface area contributed by atoms with Crippen molar-refractivity contribution in [2.24, 2.45) is 0 Å². The van der Waals surface area contributed by atoms with E-state index in [0.717, 1.165) is 6.07 Å². The summed E-state index contributed by atoms with van der Waals surface area (Å²) in [5.74, 6) is -0.119. The molecule has 0 unspecified atom stereocenters. The summed E-state index contributed by atoms with van der Waals surface area (Å²) >= 11 is 0. The second-order valence-electron chi connectivity index (χ2n) is 1.94. The van der Waals surface area contributed by atoms with Crippen LogP contribution in [0.4, 0.5) is 0 Å². The molecule has 0 radical (unpaired) electrons. The average Bonchev–Trinajstić information content (AvgIpc) is 1.86. The Morgan fingerprint density at radius 3 is 2.36 bits per heavy atom. The summed E-state index contributed by atoms with van der Waals surface area (Å²) in [6, 6.07) is 5.17. The molecule has 3 nitrogen and oxygen atoms in total. The summed E-state index contributed by atoms with van der Waals surface area (Å²) in [6.07, 6.45) is 0. The van der Waals surface area contributed by atoms with Gasteiger partial charge in [-0.1, -0.05) is 6.07 Å². The Hall–Kier alpha value is -0.740. The van der Waals surface area contributed by atoms with Crippen LogP contribution in [0.2, 0.25) is 0 Å². The Balaban J connectivity index is 3.28. The number of phenols is 1. The van der Waals surface area contributed by atoms with Crippen LogP contribution in [0.1, 0.15) is 0 Å². The lowest BCUT2D eigenvalue weighted by atomic mass is 10.3. The fourth-order valence-corrected chi connectivity index (χ4v) is 1.43. The molecule has 0 saturated carbocycles. The average molecular weight is 193 g/mol. The standard InChI is InChI=1S/C6H5ClO3S/c7-11(9,10)6-3-1-2-5(8)4-6/h1-4,8H. The highest BCUT2D eigenvalue weighted by atomic mass is 35.7. The van der Waals surface area contributed by atoms with Crippen LogP contribution in [0, 0.1) is 0 Å². The molecule has 5 heteroatoms. The molecule has 11 heavy (non-hydrogen) atoms. The topological polar surface area (TPSA) is 54.4 Å². The first kappa shape index (κ1) is 8.36. The van der Waals surface area contributed by atoms with Crippen molar-refractivity contribution in [3.8, 4) is 5.75 Å². The first-order valence-electron chi connectivity index (χ1n) is 2.74. The van der Waals surface area contributed by atoms with Crippen LogP contribution in [0.5, 0.6) is 5.75 Å². The maximum Gasteiger partial charge on any atom is 0.261 e. The van der Waals surface area contributed by atoms with E-state index in [0.29, 0.717) is 0 Å². The van der Waals surface area contributed by atoms with Crippen molar-refractivity contribution in [3.05, 3.63) is 24.3 Å². The van der Waals surface area contributed by atoms with Crippen molar-refractivity contribution in [3.63, 3.8) is 0 Å². The molecule has 0 heterocycles. The molecule has 0 aliphatic heterocycles. The van der Waals surface area contributed by atoms with Crippen LogP contribution in [0.3, 0.4) is 0 Å². The van der Waals surface area contributed by atoms with E-state index in [9.17, 15) is 8.42 Å². The van der Waals surface area contributed by atoms with E-state index in [2.05, 4.69) is 0 Å². The second-order valence-corrected chi connectivity index (χ2v) is 4.50. The normalized spacial score (nSPS) is 11.4. The third kappa shape index (κ3) is 2.10. The lowest BCUT2D eigenvalue weighted by Gasteiger charge is -1.94. The van der Waals surface area contributed by atoms with E-state index in [1.54, 1.807) is 0 Å². The van der Waals surface area contributed by atoms with Crippen LogP contribution in [-0.2, 0) is 9.05 Å². The van der Waals surface area contributed by atoms with Gasteiger partial charge in [0, 0.05) is 10.7 Å². The van der Waals surface area contributed by atoms with Gasteiger partial charge in [-0.25, -0.2) is 8.42 Å². The van der Waals surface area contributed by atoms with Crippen LogP contribution >= 0.6 is 10.7 Å². The summed E-state index contributed by atoms with van der Waals surface area (Å²) in [4.78, 5) is -0.0980. The lowest BCUT2D eigenvalue weighted by Crippen LogP contribution is -1.88. The first-order chi connectivity index (χ1) is 5.00. The molecule has 0 aliphatic rings. The quantitative estimate of drug-likeness (QED) is 0.683. The highest BCUT2D eigenvalue weighted by molar-refractivity contribution is 8.13. The molecule has 0 amide bonds. The van der Waals surface area contributed by atoms with Crippen molar-refractivity contribution >= 4 is 19.7 Å². The van der Waals surface area contributed by atoms with E-state index in [4.69, 9.17) is 15.8 Å². The van der Waals surface area contributed by atoms with Crippen LogP contribution < -0.4 is 0 Å². The van der Waals surface area contributed by atoms with Gasteiger partial charge in [0.25, 0.3) is 9.05 Å². The molecule has 0 aromatic heterocycles. The highest BCUT2D eigenvalue weighted by Gasteiger charge is 2.08. The zero-order valence-corrected chi connectivity index (χ0v) is 6.93. The van der Waals surface area contributed by atoms with Crippen molar-refractivity contribution in [2.45, 2.75) is 4.90 Å². The van der Waals surface area contributed by atoms with Crippen molar-refractivity contribution < 1.29 is 13.5 Å². The van der Waals surface area contributed by atoms with Gasteiger partial charge < -0.3 is 5.11 Å². The van der Waals surface area contributed by atoms with Crippen molar-refractivity contribution in [1.29, 1.82) is 0 Å². The number of phenolic OH excluding ortho intramolecular Hbond substituents is 1. The van der Waals surface area contributed by atoms with Gasteiger partial charge in [-0.15, -0.1) is 0 Å². The molecule has 0 spiro atoms. The zero-order valence-electron chi connectivity index (χ0n) is 5.36. The summed E-state index contributed by atoms with van der Waals surface area (Å²) < 4.78 is 21.3. The minimum Gasteiger partial charge on any atom is -0.508 e. The van der Waals surface area contributed by atoms with Gasteiger partial charge in [0.1, 0.15) is 5.75 Å². The van der Waals surface area contributed by atoms with Gasteiger partial charge in [-0.2, -0.15) is 0 Å². The summed E-state index contributed by atoms with van der Waals surface area (Å²) in [5.41, 5.74) is 0. The molecule has 0 bridgehead atoms. The minimum absolute atomic E-state index is 0.0980. The maximum absolute atomic E-state index is 10.6. The molecule has 1 aromatic rings. The van der Waals surface area contributed by atoms with Crippen LogP contribution in [0.15, 0.2) is 29.2 Å². The summed E-state index contributed by atoms with van der Waals surface area (Å²) in [6.45, 7) is 0. The van der Waals surface area contributed by atoms with Gasteiger partial charge in [0.05, 0.1) is 4.90 Å². The van der Waals surface area contributed by atoms with Gasteiger partial charge >= 0.3 is 0 Å². The lowest BCUT2D eigenvalue weighted by molar-refractivity contribution is 0.473. The van der Waals surface area contributed by atoms with E-state index >= 15 is 0 Å². The molecular formula is C6H5ClO3S. The van der Waals surface area contributed by atoms with Gasteiger partial charge in [0.2, 0.25) is 0 Å². The summed E-state index contributed by atoms with van der Waals surface area (Å²) in [7, 11) is 1.28. The fourth-order valence-electron chi connectivity index (χ4n) is 0.635. The maximum atomic E-state index is 10.6. The Morgan fingerprint density at radius 1 is 1.36 bits per heavy atom. The van der Waals surface area contributed by atoms with Gasteiger partial charge in [0.15, 0.2) is 0 Å². The smallest absolute Gasteiger partial charge is 0.261 e. The second kappa shape index (κ2) is 2.71. The predicted molar refractivity (Wildman–Crippen MR) is 41.1 cm³/mol. The number of rotatable bonds is 1. The molecule has 1 aromatic carbocycles. The molecule has 0 fully saturated rings. The number of hydrogen-bond donors (Lipinski definition) is 1. The van der Waals surface area contributed by atoms with Crippen LogP contribution in [0.25, 0.3) is 0 Å². The summed E-state index contributed by atoms with van der Waals surface area (Å²) in [5, 5.41) is 8.85. The largest absolute Gasteiger partial charge is 0.508 e. The molecule has 0 atom stereocenters. The number of aromatic hydroxyl groups is 1. The SMILES string of the molecule is O=S(=O)(Cl)c1cccc(O)c1. The number of benzene rings is 1. The Morgan fingerprint density at radius 2 is 2.00 bits per heavy atom. The molecular weight excluding hydrogens is 188 g/mol. The molecule has 0 aliphatic carbocycles. The van der Waals surface area contributed by atoms with E-state index in [-0.39, 0.29) is 10.6 Å². The molecule has 0 saturated heterocycles. The Bertz CT molecular complexity index is 358. The fraction of sp³-hybridized carbons (Fsp3) is 0. The molecule has 60 valence electrons. The van der Waals surface area contributed by atoms with Gasteiger partial charge in [-0.3, -0.25) is 0 Å². The first-order valence-corrected chi connectivity index (χ1v) is 5.05.